The highest BCUT2D eigenvalue weighted by atomic mass is 32.1. The summed E-state index contributed by atoms with van der Waals surface area (Å²) in [5.41, 5.74) is 7.27. The van der Waals surface area contributed by atoms with Crippen molar-refractivity contribution in [2.24, 2.45) is 5.73 Å². The van der Waals surface area contributed by atoms with Gasteiger partial charge in [-0.2, -0.15) is 0 Å². The summed E-state index contributed by atoms with van der Waals surface area (Å²) in [6.07, 6.45) is 2.39. The summed E-state index contributed by atoms with van der Waals surface area (Å²) >= 11 is 1.58. The van der Waals surface area contributed by atoms with Crippen molar-refractivity contribution in [2.45, 2.75) is 31.3 Å². The Kier molecular flexibility index (Phi) is 4.06. The monoisotopic (exact) mass is 309 g/mol. The summed E-state index contributed by atoms with van der Waals surface area (Å²) < 4.78 is 26.9. The lowest BCUT2D eigenvalue weighted by molar-refractivity contribution is 0.149. The van der Waals surface area contributed by atoms with E-state index in [1.54, 1.807) is 11.3 Å². The Labute approximate surface area is 126 Å². The summed E-state index contributed by atoms with van der Waals surface area (Å²) in [5, 5.41) is 10.6. The average molecular weight is 309 g/mol. The first-order valence-corrected chi connectivity index (χ1v) is 7.86. The molecule has 1 aromatic heterocycles. The third-order valence-electron chi connectivity index (χ3n) is 4.05. The first-order valence-electron chi connectivity index (χ1n) is 7.04. The van der Waals surface area contributed by atoms with E-state index < -0.39 is 23.7 Å². The highest BCUT2D eigenvalue weighted by Gasteiger charge is 2.27. The number of hydrogen-bond donors (Lipinski definition) is 2. The number of aliphatic hydroxyl groups is 1. The van der Waals surface area contributed by atoms with E-state index >= 15 is 0 Å². The fraction of sp³-hybridized carbons (Fsp3) is 0.375. The number of benzene rings is 1. The molecule has 1 aliphatic rings. The van der Waals surface area contributed by atoms with Crippen LogP contribution >= 0.6 is 11.3 Å². The van der Waals surface area contributed by atoms with E-state index in [0.717, 1.165) is 30.2 Å². The van der Waals surface area contributed by atoms with Crippen LogP contribution in [0.5, 0.6) is 0 Å². The van der Waals surface area contributed by atoms with E-state index in [-0.39, 0.29) is 12.1 Å². The van der Waals surface area contributed by atoms with Crippen molar-refractivity contribution in [3.63, 3.8) is 0 Å². The van der Waals surface area contributed by atoms with Gasteiger partial charge in [-0.15, -0.1) is 11.3 Å². The van der Waals surface area contributed by atoms with Gasteiger partial charge in [0.2, 0.25) is 0 Å². The van der Waals surface area contributed by atoms with E-state index in [0.29, 0.717) is 0 Å². The van der Waals surface area contributed by atoms with Crippen LogP contribution in [0.15, 0.2) is 24.3 Å². The summed E-state index contributed by atoms with van der Waals surface area (Å²) in [6, 6.07) is 5.40. The van der Waals surface area contributed by atoms with E-state index in [1.807, 2.05) is 6.07 Å². The SMILES string of the molecule is NCC(c1ccc(F)cc1F)C(O)c1cc2c(s1)CCC2. The van der Waals surface area contributed by atoms with Crippen LogP contribution < -0.4 is 5.73 Å². The van der Waals surface area contributed by atoms with Crippen LogP contribution in [0.2, 0.25) is 0 Å². The van der Waals surface area contributed by atoms with Gasteiger partial charge < -0.3 is 10.8 Å². The number of aryl methyl sites for hydroxylation is 2. The minimum Gasteiger partial charge on any atom is -0.387 e. The van der Waals surface area contributed by atoms with E-state index in [9.17, 15) is 13.9 Å². The largest absolute Gasteiger partial charge is 0.387 e. The minimum absolute atomic E-state index is 0.103. The van der Waals surface area contributed by atoms with Gasteiger partial charge in [0.05, 0.1) is 6.10 Å². The molecule has 2 unspecified atom stereocenters. The lowest BCUT2D eigenvalue weighted by atomic mass is 9.92. The second kappa shape index (κ2) is 5.83. The molecule has 0 radical (unpaired) electrons. The van der Waals surface area contributed by atoms with Crippen LogP contribution in [0.3, 0.4) is 0 Å². The summed E-state index contributed by atoms with van der Waals surface area (Å²) in [4.78, 5) is 2.12. The zero-order valence-electron chi connectivity index (χ0n) is 11.5. The maximum absolute atomic E-state index is 13.9. The lowest BCUT2D eigenvalue weighted by Crippen LogP contribution is -2.20. The molecule has 21 heavy (non-hydrogen) atoms. The molecule has 1 aromatic carbocycles. The lowest BCUT2D eigenvalue weighted by Gasteiger charge is -2.21. The number of hydrogen-bond acceptors (Lipinski definition) is 3. The Hall–Kier alpha value is -1.30. The standard InChI is InChI=1S/C16H17F2NOS/c17-10-4-5-11(13(18)7-10)12(8-19)16(20)15-6-9-2-1-3-14(9)21-15/h4-7,12,16,20H,1-3,8,19H2. The van der Waals surface area contributed by atoms with Gasteiger partial charge in [-0.05, 0) is 42.5 Å². The van der Waals surface area contributed by atoms with Crippen LogP contribution in [-0.4, -0.2) is 11.7 Å². The van der Waals surface area contributed by atoms with Gasteiger partial charge in [0, 0.05) is 28.3 Å². The number of thiophene rings is 1. The quantitative estimate of drug-likeness (QED) is 0.910. The van der Waals surface area contributed by atoms with Crippen LogP contribution in [0.25, 0.3) is 0 Å². The summed E-state index contributed by atoms with van der Waals surface area (Å²) in [5.74, 6) is -1.85. The summed E-state index contributed by atoms with van der Waals surface area (Å²) in [7, 11) is 0. The van der Waals surface area contributed by atoms with Crippen LogP contribution in [0.1, 0.15) is 39.3 Å². The topological polar surface area (TPSA) is 46.2 Å². The number of rotatable bonds is 4. The van der Waals surface area contributed by atoms with Crippen molar-refractivity contribution in [3.8, 4) is 0 Å². The molecular formula is C16H17F2NOS. The van der Waals surface area contributed by atoms with E-state index in [4.69, 9.17) is 5.73 Å². The second-order valence-corrected chi connectivity index (χ2v) is 6.57. The minimum atomic E-state index is -0.856. The highest BCUT2D eigenvalue weighted by molar-refractivity contribution is 7.12. The van der Waals surface area contributed by atoms with Crippen LogP contribution in [-0.2, 0) is 12.8 Å². The maximum Gasteiger partial charge on any atom is 0.129 e. The van der Waals surface area contributed by atoms with E-state index in [2.05, 4.69) is 0 Å². The van der Waals surface area contributed by atoms with Gasteiger partial charge in [0.15, 0.2) is 0 Å². The molecule has 2 aromatic rings. The summed E-state index contributed by atoms with van der Waals surface area (Å²) in [6.45, 7) is 0.103. The molecule has 0 fully saturated rings. The third-order valence-corrected chi connectivity index (χ3v) is 5.36. The Morgan fingerprint density at radius 3 is 2.71 bits per heavy atom. The fourth-order valence-electron chi connectivity index (χ4n) is 2.92. The van der Waals surface area contributed by atoms with Gasteiger partial charge in [-0.25, -0.2) is 8.78 Å². The Balaban J connectivity index is 1.91. The van der Waals surface area contributed by atoms with Crippen molar-refractivity contribution in [2.75, 3.05) is 6.54 Å². The molecule has 1 heterocycles. The van der Waals surface area contributed by atoms with Crippen LogP contribution in [0, 0.1) is 11.6 Å². The Morgan fingerprint density at radius 2 is 2.05 bits per heavy atom. The number of fused-ring (bicyclic) bond motifs is 1. The molecule has 5 heteroatoms. The van der Waals surface area contributed by atoms with Gasteiger partial charge in [0.1, 0.15) is 11.6 Å². The third kappa shape index (κ3) is 2.73. The van der Waals surface area contributed by atoms with E-state index in [1.165, 1.54) is 22.6 Å². The molecule has 3 rings (SSSR count). The second-order valence-electron chi connectivity index (χ2n) is 5.40. The van der Waals surface area contributed by atoms with Gasteiger partial charge >= 0.3 is 0 Å². The molecule has 2 nitrogen and oxygen atoms in total. The van der Waals surface area contributed by atoms with Crippen molar-refractivity contribution in [3.05, 3.63) is 56.8 Å². The van der Waals surface area contributed by atoms with Crippen molar-refractivity contribution >= 4 is 11.3 Å². The predicted octanol–water partition coefficient (Wildman–Crippen LogP) is 3.29. The molecule has 0 amide bonds. The molecule has 0 aliphatic heterocycles. The molecule has 0 saturated heterocycles. The van der Waals surface area contributed by atoms with Crippen molar-refractivity contribution in [1.29, 1.82) is 0 Å². The zero-order chi connectivity index (χ0) is 15.0. The first kappa shape index (κ1) is 14.6. The van der Waals surface area contributed by atoms with Gasteiger partial charge in [-0.1, -0.05) is 6.07 Å². The zero-order valence-corrected chi connectivity index (χ0v) is 12.3. The number of halogens is 2. The van der Waals surface area contributed by atoms with Crippen molar-refractivity contribution < 1.29 is 13.9 Å². The predicted molar refractivity (Wildman–Crippen MR) is 79.5 cm³/mol. The molecule has 2 atom stereocenters. The molecule has 112 valence electrons. The first-order chi connectivity index (χ1) is 10.1. The van der Waals surface area contributed by atoms with Gasteiger partial charge in [-0.3, -0.25) is 0 Å². The molecule has 1 aliphatic carbocycles. The normalized spacial score (nSPS) is 16.8. The molecule has 0 bridgehead atoms. The Morgan fingerprint density at radius 1 is 1.24 bits per heavy atom. The smallest absolute Gasteiger partial charge is 0.129 e. The molecule has 0 saturated carbocycles. The molecule has 0 spiro atoms. The van der Waals surface area contributed by atoms with Crippen molar-refractivity contribution in [1.82, 2.24) is 0 Å². The number of nitrogens with two attached hydrogens (primary N) is 1. The molecule has 3 N–H and O–H groups in total. The number of aliphatic hydroxyl groups excluding tert-OH is 1. The average Bonchev–Trinajstić information content (AvgIpc) is 3.02. The molecular weight excluding hydrogens is 292 g/mol. The fourth-order valence-corrected chi connectivity index (χ4v) is 4.23. The van der Waals surface area contributed by atoms with Gasteiger partial charge in [0.25, 0.3) is 0 Å². The maximum atomic E-state index is 13.9. The van der Waals surface area contributed by atoms with Crippen LogP contribution in [0.4, 0.5) is 8.78 Å². The Bertz CT molecular complexity index is 634. The highest BCUT2D eigenvalue weighted by Crippen LogP contribution is 2.39.